The minimum Gasteiger partial charge on any atom is -0.382 e. The molecule has 246 valence electrons. The smallest absolute Gasteiger partial charge is 0.251 e. The number of rotatable bonds is 7. The van der Waals surface area contributed by atoms with Crippen LogP contribution in [0.15, 0.2) is 53.3 Å². The summed E-state index contributed by atoms with van der Waals surface area (Å²) in [6, 6.07) is 11.4. The van der Waals surface area contributed by atoms with E-state index in [1.54, 1.807) is 6.92 Å². The first-order chi connectivity index (χ1) is 22.1. The van der Waals surface area contributed by atoms with E-state index in [9.17, 15) is 9.59 Å². The molecule has 2 aromatic carbocycles. The molecule has 0 aromatic heterocycles. The van der Waals surface area contributed by atoms with Crippen molar-refractivity contribution in [1.29, 1.82) is 0 Å². The van der Waals surface area contributed by atoms with Gasteiger partial charge in [-0.3, -0.25) is 9.59 Å². The van der Waals surface area contributed by atoms with Crippen molar-refractivity contribution in [2.24, 2.45) is 0 Å². The molecular weight excluding hydrogens is 576 g/mol. The summed E-state index contributed by atoms with van der Waals surface area (Å²) in [5.41, 5.74) is 10.4. The predicted molar refractivity (Wildman–Crippen MR) is 185 cm³/mol. The molecule has 4 aliphatic heterocycles. The molecule has 1 atom stereocenters. The van der Waals surface area contributed by atoms with Crippen molar-refractivity contribution < 1.29 is 19.1 Å². The number of nitrogens with zero attached hydrogens (tertiary/aromatic N) is 2. The Morgan fingerprint density at radius 1 is 1.02 bits per heavy atom. The molecule has 8 nitrogen and oxygen atoms in total. The summed E-state index contributed by atoms with van der Waals surface area (Å²) in [4.78, 5) is 31.4. The third-order valence-electron chi connectivity index (χ3n) is 10.7. The maximum atomic E-state index is 14.1. The molecule has 0 saturated carbocycles. The summed E-state index contributed by atoms with van der Waals surface area (Å²) in [7, 11) is 0. The van der Waals surface area contributed by atoms with E-state index in [0.29, 0.717) is 37.9 Å². The van der Waals surface area contributed by atoms with Gasteiger partial charge in [-0.05, 0) is 118 Å². The molecular formula is C38H50N4O4. The average Bonchev–Trinajstić information content (AvgIpc) is 3.35. The van der Waals surface area contributed by atoms with Gasteiger partial charge in [0, 0.05) is 93.1 Å². The molecule has 1 unspecified atom stereocenters. The zero-order valence-electron chi connectivity index (χ0n) is 28.4. The number of carbonyl (C=O) groups is 2. The van der Waals surface area contributed by atoms with Crippen LogP contribution in [-0.2, 0) is 19.7 Å². The van der Waals surface area contributed by atoms with Gasteiger partial charge in [0.2, 0.25) is 5.91 Å². The van der Waals surface area contributed by atoms with Gasteiger partial charge in [0.05, 0.1) is 0 Å². The van der Waals surface area contributed by atoms with Gasteiger partial charge >= 0.3 is 0 Å². The molecule has 2 fully saturated rings. The second-order valence-corrected chi connectivity index (χ2v) is 13.6. The standard InChI is InChI=1S/C38H50N4O4/c1-7-41(31-10-14-45-15-11-31)35-21-30(19-32(26(35)4)37(44)39-22-33-24(2)18-25(3)40-27(33)5)29-8-9-34-36(20-29)42(28(6)43)23-38(34)12-16-46-17-13-38/h8-9,18-21,27,31,40H,7,10-17,22-23H2,1-6H3,(H,39,44). The number of fused-ring (bicyclic) bond motifs is 2. The van der Waals surface area contributed by atoms with Crippen LogP contribution in [0.4, 0.5) is 11.4 Å². The van der Waals surface area contributed by atoms with Crippen molar-refractivity contribution in [2.45, 2.75) is 84.7 Å². The molecule has 2 aromatic rings. The van der Waals surface area contributed by atoms with E-state index in [4.69, 9.17) is 9.47 Å². The van der Waals surface area contributed by atoms with E-state index in [1.807, 2.05) is 11.0 Å². The molecule has 1 spiro atoms. The number of dihydropyridines is 1. The second kappa shape index (κ2) is 13.2. The van der Waals surface area contributed by atoms with Gasteiger partial charge in [0.25, 0.3) is 5.91 Å². The van der Waals surface area contributed by atoms with E-state index in [0.717, 1.165) is 79.2 Å². The quantitative estimate of drug-likeness (QED) is 0.391. The lowest BCUT2D eigenvalue weighted by Crippen LogP contribution is -2.40. The highest BCUT2D eigenvalue weighted by Gasteiger charge is 2.45. The molecule has 0 bridgehead atoms. The lowest BCUT2D eigenvalue weighted by Gasteiger charge is -2.37. The number of hydrogen-bond donors (Lipinski definition) is 2. The van der Waals surface area contributed by atoms with Crippen molar-refractivity contribution in [1.82, 2.24) is 10.6 Å². The first kappa shape index (κ1) is 32.3. The van der Waals surface area contributed by atoms with Gasteiger partial charge in [-0.1, -0.05) is 12.1 Å². The number of benzene rings is 2. The third kappa shape index (κ3) is 6.09. The number of anilines is 2. The van der Waals surface area contributed by atoms with Crippen LogP contribution in [0.1, 0.15) is 81.8 Å². The third-order valence-corrected chi connectivity index (χ3v) is 10.7. The Morgan fingerprint density at radius 2 is 1.74 bits per heavy atom. The largest absolute Gasteiger partial charge is 0.382 e. The van der Waals surface area contributed by atoms with Gasteiger partial charge in [0.1, 0.15) is 0 Å². The van der Waals surface area contributed by atoms with Crippen molar-refractivity contribution in [3.63, 3.8) is 0 Å². The molecule has 46 heavy (non-hydrogen) atoms. The molecule has 6 rings (SSSR count). The first-order valence-electron chi connectivity index (χ1n) is 17.0. The van der Waals surface area contributed by atoms with Crippen molar-refractivity contribution >= 4 is 23.2 Å². The van der Waals surface area contributed by atoms with Gasteiger partial charge in [-0.2, -0.15) is 0 Å². The van der Waals surface area contributed by atoms with E-state index < -0.39 is 0 Å². The van der Waals surface area contributed by atoms with Crippen molar-refractivity contribution in [3.05, 3.63) is 69.9 Å². The van der Waals surface area contributed by atoms with E-state index in [2.05, 4.69) is 80.5 Å². The van der Waals surface area contributed by atoms with E-state index in [-0.39, 0.29) is 23.3 Å². The summed E-state index contributed by atoms with van der Waals surface area (Å²) in [6.07, 6.45) is 5.89. The maximum absolute atomic E-state index is 14.1. The number of amides is 2. The predicted octanol–water partition coefficient (Wildman–Crippen LogP) is 6.02. The topological polar surface area (TPSA) is 83.1 Å². The van der Waals surface area contributed by atoms with Crippen LogP contribution >= 0.6 is 0 Å². The van der Waals surface area contributed by atoms with Crippen LogP contribution in [0, 0.1) is 6.92 Å². The summed E-state index contributed by atoms with van der Waals surface area (Å²) < 4.78 is 11.4. The Hall–Kier alpha value is -3.62. The fourth-order valence-electron chi connectivity index (χ4n) is 8.14. The molecule has 2 N–H and O–H groups in total. The first-order valence-corrected chi connectivity index (χ1v) is 17.0. The monoisotopic (exact) mass is 626 g/mol. The number of allylic oxidation sites excluding steroid dienone is 3. The van der Waals surface area contributed by atoms with Crippen molar-refractivity contribution in [2.75, 3.05) is 55.9 Å². The maximum Gasteiger partial charge on any atom is 0.251 e. The zero-order valence-corrected chi connectivity index (χ0v) is 28.4. The highest BCUT2D eigenvalue weighted by molar-refractivity contribution is 6.00. The minimum absolute atomic E-state index is 0.0594. The zero-order chi connectivity index (χ0) is 32.6. The SMILES string of the molecule is CCN(c1cc(-c2ccc3c(c2)N(C(C)=O)CC32CCOCC2)cc(C(=O)NCC2=C(C)C=C(C)NC2C)c1C)C1CCOCC1. The number of hydrogen-bond acceptors (Lipinski definition) is 6. The lowest BCUT2D eigenvalue weighted by atomic mass is 9.75. The number of carbonyl (C=O) groups excluding carboxylic acids is 2. The molecule has 8 heteroatoms. The van der Waals surface area contributed by atoms with E-state index >= 15 is 0 Å². The Morgan fingerprint density at radius 3 is 2.41 bits per heavy atom. The highest BCUT2D eigenvalue weighted by Crippen LogP contribution is 2.48. The van der Waals surface area contributed by atoms with Gasteiger partial charge < -0.3 is 29.9 Å². The number of nitrogens with one attached hydrogen (secondary N) is 2. The fraction of sp³-hybridized carbons (Fsp3) is 0.526. The highest BCUT2D eigenvalue weighted by atomic mass is 16.5. The molecule has 4 heterocycles. The Balaban J connectivity index is 1.41. The molecule has 2 amide bonds. The molecule has 0 aliphatic carbocycles. The molecule has 2 saturated heterocycles. The average molecular weight is 627 g/mol. The number of ether oxygens (including phenoxy) is 2. The van der Waals surface area contributed by atoms with Crippen LogP contribution in [0.5, 0.6) is 0 Å². The van der Waals surface area contributed by atoms with Crippen LogP contribution < -0.4 is 20.4 Å². The Labute approximate surface area is 274 Å². The second-order valence-electron chi connectivity index (χ2n) is 13.6. The van der Waals surface area contributed by atoms with Gasteiger partial charge in [-0.25, -0.2) is 0 Å². The fourth-order valence-corrected chi connectivity index (χ4v) is 8.14. The summed E-state index contributed by atoms with van der Waals surface area (Å²) in [5, 5.41) is 6.75. The van der Waals surface area contributed by atoms with Crippen molar-refractivity contribution in [3.8, 4) is 11.1 Å². The molecule has 0 radical (unpaired) electrons. The van der Waals surface area contributed by atoms with Crippen LogP contribution in [0.2, 0.25) is 0 Å². The summed E-state index contributed by atoms with van der Waals surface area (Å²) >= 11 is 0. The van der Waals surface area contributed by atoms with Crippen LogP contribution in [-0.4, -0.2) is 70.0 Å². The molecule has 4 aliphatic rings. The Bertz CT molecular complexity index is 1560. The van der Waals surface area contributed by atoms with Gasteiger partial charge in [-0.15, -0.1) is 0 Å². The van der Waals surface area contributed by atoms with E-state index in [1.165, 1.54) is 16.7 Å². The van der Waals surface area contributed by atoms with Gasteiger partial charge in [0.15, 0.2) is 0 Å². The Kier molecular flexibility index (Phi) is 9.31. The normalized spacial score (nSPS) is 21.1. The lowest BCUT2D eigenvalue weighted by molar-refractivity contribution is -0.116. The van der Waals surface area contributed by atoms with Crippen LogP contribution in [0.25, 0.3) is 11.1 Å². The summed E-state index contributed by atoms with van der Waals surface area (Å²) in [6.45, 7) is 17.2. The minimum atomic E-state index is -0.0740. The van der Waals surface area contributed by atoms with Crippen LogP contribution in [0.3, 0.4) is 0 Å². The summed E-state index contributed by atoms with van der Waals surface area (Å²) in [5.74, 6) is -0.0146.